The summed E-state index contributed by atoms with van der Waals surface area (Å²) in [5.74, 6) is 0.128. The fourth-order valence-corrected chi connectivity index (χ4v) is 2.28. The van der Waals surface area contributed by atoms with Crippen LogP contribution in [0.15, 0.2) is 11.7 Å². The van der Waals surface area contributed by atoms with Crippen LogP contribution in [0.25, 0.3) is 0 Å². The second kappa shape index (κ2) is 5.23. The molecule has 1 amide bonds. The van der Waals surface area contributed by atoms with Crippen LogP contribution in [0.2, 0.25) is 0 Å². The zero-order valence-electron chi connectivity index (χ0n) is 8.53. The minimum Gasteiger partial charge on any atom is -0.351 e. The van der Waals surface area contributed by atoms with Crippen LogP contribution in [0.3, 0.4) is 0 Å². The van der Waals surface area contributed by atoms with E-state index in [2.05, 4.69) is 15.6 Å². The zero-order chi connectivity index (χ0) is 10.5. The Labute approximate surface area is 93.1 Å². The van der Waals surface area contributed by atoms with Gasteiger partial charge in [0, 0.05) is 23.5 Å². The van der Waals surface area contributed by atoms with Crippen molar-refractivity contribution in [1.82, 2.24) is 15.6 Å². The second-order valence-electron chi connectivity index (χ2n) is 3.74. The number of carbonyl (C=O) groups is 1. The van der Waals surface area contributed by atoms with Crippen molar-refractivity contribution in [2.45, 2.75) is 31.8 Å². The van der Waals surface area contributed by atoms with E-state index in [1.807, 2.05) is 0 Å². The van der Waals surface area contributed by atoms with E-state index < -0.39 is 0 Å². The molecule has 0 saturated carbocycles. The van der Waals surface area contributed by atoms with Crippen LogP contribution in [-0.4, -0.2) is 23.5 Å². The molecule has 0 spiro atoms. The summed E-state index contributed by atoms with van der Waals surface area (Å²) in [6.07, 6.45) is 4.69. The normalized spacial score (nSPS) is 20.4. The molecule has 0 aliphatic carbocycles. The van der Waals surface area contributed by atoms with Crippen LogP contribution in [0, 0.1) is 0 Å². The molecule has 0 aromatic carbocycles. The van der Waals surface area contributed by atoms with E-state index in [4.69, 9.17) is 0 Å². The smallest absolute Gasteiger partial charge is 0.221 e. The summed E-state index contributed by atoms with van der Waals surface area (Å²) in [6.45, 7) is 1.66. The van der Waals surface area contributed by atoms with Crippen molar-refractivity contribution in [1.29, 1.82) is 0 Å². The van der Waals surface area contributed by atoms with Crippen molar-refractivity contribution < 1.29 is 4.79 Å². The third-order valence-corrected chi connectivity index (χ3v) is 3.32. The summed E-state index contributed by atoms with van der Waals surface area (Å²) >= 11 is 1.57. The molecule has 82 valence electrons. The number of nitrogens with one attached hydrogen (secondary N) is 2. The molecule has 2 N–H and O–H groups in total. The summed E-state index contributed by atoms with van der Waals surface area (Å²) in [4.78, 5) is 16.6. The molecule has 1 atom stereocenters. The van der Waals surface area contributed by atoms with E-state index in [1.165, 1.54) is 6.42 Å². The molecule has 2 rings (SSSR count). The highest BCUT2D eigenvalue weighted by Gasteiger charge is 2.17. The van der Waals surface area contributed by atoms with Crippen molar-refractivity contribution in [2.75, 3.05) is 6.54 Å². The Hall–Kier alpha value is -0.940. The Balaban J connectivity index is 1.68. The number of thiazole rings is 1. The van der Waals surface area contributed by atoms with Crippen LogP contribution in [0.1, 0.15) is 24.1 Å². The maximum atomic E-state index is 11.5. The number of hydrogen-bond acceptors (Lipinski definition) is 4. The molecular weight excluding hydrogens is 210 g/mol. The molecule has 5 heteroatoms. The molecule has 1 aromatic heterocycles. The van der Waals surface area contributed by atoms with Crippen LogP contribution in [0.4, 0.5) is 0 Å². The highest BCUT2D eigenvalue weighted by molar-refractivity contribution is 7.09. The molecule has 0 radical (unpaired) electrons. The Morgan fingerprint density at radius 2 is 2.67 bits per heavy atom. The van der Waals surface area contributed by atoms with Crippen molar-refractivity contribution in [2.24, 2.45) is 0 Å². The third-order valence-electron chi connectivity index (χ3n) is 2.54. The summed E-state index contributed by atoms with van der Waals surface area (Å²) in [7, 11) is 0. The fourth-order valence-electron chi connectivity index (χ4n) is 1.74. The highest BCUT2D eigenvalue weighted by atomic mass is 32.1. The largest absolute Gasteiger partial charge is 0.351 e. The van der Waals surface area contributed by atoms with Crippen molar-refractivity contribution >= 4 is 17.2 Å². The molecule has 2 heterocycles. The Bertz CT molecular complexity index is 306. The van der Waals surface area contributed by atoms with Crippen molar-refractivity contribution in [3.8, 4) is 0 Å². The van der Waals surface area contributed by atoms with Crippen molar-refractivity contribution in [3.63, 3.8) is 0 Å². The van der Waals surface area contributed by atoms with Gasteiger partial charge in [-0.3, -0.25) is 9.78 Å². The first kappa shape index (κ1) is 10.6. The first-order valence-electron chi connectivity index (χ1n) is 5.22. The van der Waals surface area contributed by atoms with Gasteiger partial charge >= 0.3 is 0 Å². The summed E-state index contributed by atoms with van der Waals surface area (Å²) < 4.78 is 0. The number of nitrogens with zero attached hydrogens (tertiary/aromatic N) is 1. The maximum Gasteiger partial charge on any atom is 0.221 e. The minimum absolute atomic E-state index is 0.128. The Kier molecular flexibility index (Phi) is 3.69. The topological polar surface area (TPSA) is 54.0 Å². The predicted molar refractivity (Wildman–Crippen MR) is 59.6 cm³/mol. The van der Waals surface area contributed by atoms with Gasteiger partial charge in [-0.25, -0.2) is 0 Å². The lowest BCUT2D eigenvalue weighted by Crippen LogP contribution is -2.31. The number of aromatic nitrogens is 1. The predicted octanol–water partition coefficient (Wildman–Crippen LogP) is 0.901. The molecule has 4 nitrogen and oxygen atoms in total. The summed E-state index contributed by atoms with van der Waals surface area (Å²) in [6, 6.07) is 0.381. The first-order chi connectivity index (χ1) is 7.34. The number of hydrogen-bond donors (Lipinski definition) is 2. The van der Waals surface area contributed by atoms with Crippen molar-refractivity contribution in [3.05, 3.63) is 16.6 Å². The number of rotatable bonds is 4. The Morgan fingerprint density at radius 3 is 3.33 bits per heavy atom. The van der Waals surface area contributed by atoms with Crippen LogP contribution in [-0.2, 0) is 11.3 Å². The SMILES string of the molecule is O=C(CC1CCCN1)NCc1cncs1. The Morgan fingerprint density at radius 1 is 1.73 bits per heavy atom. The summed E-state index contributed by atoms with van der Waals surface area (Å²) in [5.41, 5.74) is 1.78. The lowest BCUT2D eigenvalue weighted by atomic mass is 10.1. The lowest BCUT2D eigenvalue weighted by Gasteiger charge is -2.09. The summed E-state index contributed by atoms with van der Waals surface area (Å²) in [5, 5.41) is 6.21. The second-order valence-corrected chi connectivity index (χ2v) is 4.71. The monoisotopic (exact) mass is 225 g/mol. The highest BCUT2D eigenvalue weighted by Crippen LogP contribution is 2.09. The van der Waals surface area contributed by atoms with Crippen LogP contribution in [0.5, 0.6) is 0 Å². The van der Waals surface area contributed by atoms with Crippen LogP contribution >= 0.6 is 11.3 Å². The lowest BCUT2D eigenvalue weighted by molar-refractivity contribution is -0.121. The molecule has 1 saturated heterocycles. The van der Waals surface area contributed by atoms with E-state index in [9.17, 15) is 4.79 Å². The van der Waals surface area contributed by atoms with Gasteiger partial charge in [-0.1, -0.05) is 0 Å². The standard InChI is InChI=1S/C10H15N3OS/c14-10(4-8-2-1-3-12-8)13-6-9-5-11-7-15-9/h5,7-8,12H,1-4,6H2,(H,13,14). The van der Waals surface area contributed by atoms with Gasteiger partial charge in [0.05, 0.1) is 12.1 Å². The van der Waals surface area contributed by atoms with Gasteiger partial charge < -0.3 is 10.6 Å². The van der Waals surface area contributed by atoms with Crippen LogP contribution < -0.4 is 10.6 Å². The maximum absolute atomic E-state index is 11.5. The number of amides is 1. The molecule has 1 fully saturated rings. The quantitative estimate of drug-likeness (QED) is 0.800. The first-order valence-corrected chi connectivity index (χ1v) is 6.10. The molecule has 1 aliphatic rings. The average Bonchev–Trinajstić information content (AvgIpc) is 2.86. The third kappa shape index (κ3) is 3.28. The molecule has 0 bridgehead atoms. The van der Waals surface area contributed by atoms with Gasteiger partial charge in [0.2, 0.25) is 5.91 Å². The van der Waals surface area contributed by atoms with Gasteiger partial charge in [-0.15, -0.1) is 11.3 Å². The minimum atomic E-state index is 0.128. The molecule has 1 unspecified atom stereocenters. The zero-order valence-corrected chi connectivity index (χ0v) is 9.35. The average molecular weight is 225 g/mol. The van der Waals surface area contributed by atoms with E-state index in [1.54, 1.807) is 23.0 Å². The van der Waals surface area contributed by atoms with Gasteiger partial charge in [-0.05, 0) is 19.4 Å². The van der Waals surface area contributed by atoms with Gasteiger partial charge in [0.15, 0.2) is 0 Å². The van der Waals surface area contributed by atoms with E-state index in [0.29, 0.717) is 19.0 Å². The van der Waals surface area contributed by atoms with Gasteiger partial charge in [-0.2, -0.15) is 0 Å². The fraction of sp³-hybridized carbons (Fsp3) is 0.600. The van der Waals surface area contributed by atoms with E-state index >= 15 is 0 Å². The van der Waals surface area contributed by atoms with Gasteiger partial charge in [0.25, 0.3) is 0 Å². The molecular formula is C10H15N3OS. The molecule has 15 heavy (non-hydrogen) atoms. The number of carbonyl (C=O) groups excluding carboxylic acids is 1. The van der Waals surface area contributed by atoms with E-state index in [0.717, 1.165) is 17.8 Å². The molecule has 1 aliphatic heterocycles. The van der Waals surface area contributed by atoms with E-state index in [-0.39, 0.29) is 5.91 Å². The molecule has 1 aromatic rings. The van der Waals surface area contributed by atoms with Gasteiger partial charge in [0.1, 0.15) is 0 Å².